The summed E-state index contributed by atoms with van der Waals surface area (Å²) in [4.78, 5) is 12.1. The predicted molar refractivity (Wildman–Crippen MR) is 86.3 cm³/mol. The first-order valence-electron chi connectivity index (χ1n) is 8.25. The smallest absolute Gasteiger partial charge is 0.221 e. The fraction of sp³-hybridized carbons (Fsp3) is 0.588. The molecule has 6 heteroatoms. The van der Waals surface area contributed by atoms with Crippen LogP contribution >= 0.6 is 0 Å². The minimum absolute atomic E-state index is 0.0139. The molecule has 0 bridgehead atoms. The molecule has 0 aromatic heterocycles. The molecule has 1 fully saturated rings. The minimum atomic E-state index is -3.18. The van der Waals surface area contributed by atoms with Gasteiger partial charge in [0.25, 0.3) is 0 Å². The Hall–Kier alpha value is -1.43. The molecule has 0 saturated heterocycles. The first-order chi connectivity index (χ1) is 11.0. The van der Waals surface area contributed by atoms with Crippen molar-refractivity contribution in [1.82, 2.24) is 5.32 Å². The maximum Gasteiger partial charge on any atom is 0.221 e. The zero-order chi connectivity index (χ0) is 16.4. The monoisotopic (exact) mass is 339 g/mol. The van der Waals surface area contributed by atoms with E-state index in [1.807, 2.05) is 0 Å². The molecule has 0 spiro atoms. The lowest BCUT2D eigenvalue weighted by Gasteiger charge is -2.15. The quantitative estimate of drug-likeness (QED) is 0.897. The SMILES string of the molecule is O=C(CCS(=O)(=O)C1CCCC1)N[C@H]1CCc2ccc(F)cc21. The lowest BCUT2D eigenvalue weighted by Crippen LogP contribution is -2.30. The summed E-state index contributed by atoms with van der Waals surface area (Å²) in [6.45, 7) is 0. The zero-order valence-electron chi connectivity index (χ0n) is 13.1. The minimum Gasteiger partial charge on any atom is -0.349 e. The van der Waals surface area contributed by atoms with Crippen LogP contribution in [0.3, 0.4) is 0 Å². The van der Waals surface area contributed by atoms with E-state index in [1.54, 1.807) is 6.07 Å². The molecular weight excluding hydrogens is 317 g/mol. The number of aryl methyl sites for hydroxylation is 1. The summed E-state index contributed by atoms with van der Waals surface area (Å²) in [5.74, 6) is -0.672. The third-order valence-corrected chi connectivity index (χ3v) is 7.20. The van der Waals surface area contributed by atoms with Gasteiger partial charge in [0.2, 0.25) is 5.91 Å². The highest BCUT2D eigenvalue weighted by molar-refractivity contribution is 7.92. The van der Waals surface area contributed by atoms with Crippen molar-refractivity contribution in [1.29, 1.82) is 0 Å². The Kier molecular flexibility index (Phi) is 4.71. The van der Waals surface area contributed by atoms with E-state index >= 15 is 0 Å². The van der Waals surface area contributed by atoms with Crippen LogP contribution in [0.1, 0.15) is 55.7 Å². The van der Waals surface area contributed by atoms with E-state index in [4.69, 9.17) is 0 Å². The van der Waals surface area contributed by atoms with Crippen molar-refractivity contribution in [2.24, 2.45) is 0 Å². The van der Waals surface area contributed by atoms with E-state index in [0.717, 1.165) is 49.7 Å². The fourth-order valence-electron chi connectivity index (χ4n) is 3.64. The van der Waals surface area contributed by atoms with Gasteiger partial charge in [0.05, 0.1) is 17.0 Å². The number of carbonyl (C=O) groups excluding carboxylic acids is 1. The van der Waals surface area contributed by atoms with Crippen LogP contribution in [0, 0.1) is 5.82 Å². The van der Waals surface area contributed by atoms with E-state index in [0.29, 0.717) is 0 Å². The summed E-state index contributed by atoms with van der Waals surface area (Å²) >= 11 is 0. The average Bonchev–Trinajstić information content (AvgIpc) is 3.16. The molecule has 0 aliphatic heterocycles. The van der Waals surface area contributed by atoms with E-state index in [2.05, 4.69) is 5.32 Å². The number of fused-ring (bicyclic) bond motifs is 1. The molecule has 1 N–H and O–H groups in total. The molecule has 0 heterocycles. The number of hydrogen-bond donors (Lipinski definition) is 1. The normalized spacial score (nSPS) is 21.3. The van der Waals surface area contributed by atoms with Gasteiger partial charge in [-0.2, -0.15) is 0 Å². The van der Waals surface area contributed by atoms with Crippen LogP contribution < -0.4 is 5.32 Å². The highest BCUT2D eigenvalue weighted by Gasteiger charge is 2.30. The van der Waals surface area contributed by atoms with Gasteiger partial charge in [-0.25, -0.2) is 12.8 Å². The number of carbonyl (C=O) groups is 1. The van der Waals surface area contributed by atoms with Crippen LogP contribution in [0.2, 0.25) is 0 Å². The molecule has 126 valence electrons. The van der Waals surface area contributed by atoms with Crippen LogP contribution in [0.15, 0.2) is 18.2 Å². The van der Waals surface area contributed by atoms with Gasteiger partial charge in [0.1, 0.15) is 5.82 Å². The lowest BCUT2D eigenvalue weighted by molar-refractivity contribution is -0.121. The second-order valence-electron chi connectivity index (χ2n) is 6.53. The zero-order valence-corrected chi connectivity index (χ0v) is 13.9. The molecule has 4 nitrogen and oxygen atoms in total. The van der Waals surface area contributed by atoms with Gasteiger partial charge < -0.3 is 5.32 Å². The van der Waals surface area contributed by atoms with Gasteiger partial charge in [-0.05, 0) is 48.9 Å². The molecule has 0 radical (unpaired) electrons. The van der Waals surface area contributed by atoms with Gasteiger partial charge >= 0.3 is 0 Å². The van der Waals surface area contributed by atoms with Gasteiger partial charge in [0.15, 0.2) is 9.84 Å². The number of sulfone groups is 1. The van der Waals surface area contributed by atoms with Crippen molar-refractivity contribution in [3.63, 3.8) is 0 Å². The number of halogens is 1. The van der Waals surface area contributed by atoms with Crippen LogP contribution in [0.5, 0.6) is 0 Å². The number of benzene rings is 1. The van der Waals surface area contributed by atoms with Crippen molar-refractivity contribution in [3.8, 4) is 0 Å². The second-order valence-corrected chi connectivity index (χ2v) is 8.93. The van der Waals surface area contributed by atoms with Gasteiger partial charge in [-0.15, -0.1) is 0 Å². The first-order valence-corrected chi connectivity index (χ1v) is 9.96. The van der Waals surface area contributed by atoms with E-state index in [9.17, 15) is 17.6 Å². The molecule has 1 aromatic rings. The molecule has 0 unspecified atom stereocenters. The summed E-state index contributed by atoms with van der Waals surface area (Å²) in [6.07, 6.45) is 4.89. The van der Waals surface area contributed by atoms with E-state index in [-0.39, 0.29) is 35.2 Å². The number of amides is 1. The standard InChI is InChI=1S/C17H22FNO3S/c18-13-7-5-12-6-8-16(15(12)11-13)19-17(20)9-10-23(21,22)14-3-1-2-4-14/h5,7,11,14,16H,1-4,6,8-10H2,(H,19,20)/t16-/m0/s1. The van der Waals surface area contributed by atoms with E-state index in [1.165, 1.54) is 12.1 Å². The van der Waals surface area contributed by atoms with Crippen LogP contribution in [0.4, 0.5) is 4.39 Å². The average molecular weight is 339 g/mol. The third kappa shape index (κ3) is 3.74. The summed E-state index contributed by atoms with van der Waals surface area (Å²) < 4.78 is 37.7. The van der Waals surface area contributed by atoms with Crippen LogP contribution in [0.25, 0.3) is 0 Å². The molecule has 1 amide bonds. The van der Waals surface area contributed by atoms with Crippen molar-refractivity contribution >= 4 is 15.7 Å². The Labute approximate surface area is 136 Å². The Morgan fingerprint density at radius 1 is 1.22 bits per heavy atom. The topological polar surface area (TPSA) is 63.2 Å². The molecule has 3 rings (SSSR count). The largest absolute Gasteiger partial charge is 0.349 e. The summed E-state index contributed by atoms with van der Waals surface area (Å²) in [6, 6.07) is 4.43. The number of rotatable bonds is 5. The Morgan fingerprint density at radius 3 is 2.70 bits per heavy atom. The van der Waals surface area contributed by atoms with Gasteiger partial charge in [-0.1, -0.05) is 18.9 Å². The Balaban J connectivity index is 1.56. The van der Waals surface area contributed by atoms with Crippen molar-refractivity contribution < 1.29 is 17.6 Å². The predicted octanol–water partition coefficient (Wildman–Crippen LogP) is 2.68. The first kappa shape index (κ1) is 16.4. The Morgan fingerprint density at radius 2 is 1.96 bits per heavy atom. The number of nitrogens with one attached hydrogen (secondary N) is 1. The molecule has 23 heavy (non-hydrogen) atoms. The highest BCUT2D eigenvalue weighted by atomic mass is 32.2. The van der Waals surface area contributed by atoms with Crippen LogP contribution in [-0.2, 0) is 21.1 Å². The second kappa shape index (κ2) is 6.59. The summed E-state index contributed by atoms with van der Waals surface area (Å²) in [5.41, 5.74) is 1.87. The van der Waals surface area contributed by atoms with Crippen molar-refractivity contribution in [3.05, 3.63) is 35.1 Å². The molecule has 2 aliphatic carbocycles. The Bertz CT molecular complexity index is 696. The highest BCUT2D eigenvalue weighted by Crippen LogP contribution is 2.31. The van der Waals surface area contributed by atoms with Crippen molar-refractivity contribution in [2.75, 3.05) is 5.75 Å². The summed E-state index contributed by atoms with van der Waals surface area (Å²) in [5, 5.41) is 2.59. The molecule has 1 atom stereocenters. The van der Waals surface area contributed by atoms with Crippen molar-refractivity contribution in [2.45, 2.75) is 56.2 Å². The number of hydrogen-bond acceptors (Lipinski definition) is 3. The van der Waals surface area contributed by atoms with Gasteiger partial charge in [-0.3, -0.25) is 4.79 Å². The van der Waals surface area contributed by atoms with E-state index < -0.39 is 9.84 Å². The maximum absolute atomic E-state index is 13.4. The maximum atomic E-state index is 13.4. The molecule has 2 aliphatic rings. The molecule has 1 saturated carbocycles. The molecular formula is C17H22FNO3S. The third-order valence-electron chi connectivity index (χ3n) is 4.94. The summed E-state index contributed by atoms with van der Waals surface area (Å²) in [7, 11) is -3.18. The molecule has 1 aromatic carbocycles. The fourth-order valence-corrected chi connectivity index (χ4v) is 5.49. The lowest BCUT2D eigenvalue weighted by atomic mass is 10.1. The van der Waals surface area contributed by atoms with Gasteiger partial charge in [0, 0.05) is 6.42 Å². The van der Waals surface area contributed by atoms with Crippen LogP contribution in [-0.4, -0.2) is 25.3 Å².